The molecule has 0 unspecified atom stereocenters. The van der Waals surface area contributed by atoms with E-state index in [0.29, 0.717) is 0 Å². The number of quaternary nitrogens is 1. The van der Waals surface area contributed by atoms with Gasteiger partial charge in [0, 0.05) is 0 Å². The first kappa shape index (κ1) is 169. The van der Waals surface area contributed by atoms with Gasteiger partial charge in [0.2, 0.25) is 0 Å². The average Bonchev–Trinajstić information content (AvgIpc) is 0. The van der Waals surface area contributed by atoms with E-state index in [1.807, 2.05) is 0 Å². The summed E-state index contributed by atoms with van der Waals surface area (Å²) in [5.74, 6) is 0. The fourth-order valence-electron chi connectivity index (χ4n) is 0. The van der Waals surface area contributed by atoms with Crippen molar-refractivity contribution >= 4 is 0 Å². The van der Waals surface area contributed by atoms with Crippen molar-refractivity contribution in [1.29, 1.82) is 0 Å². The fourth-order valence-corrected chi connectivity index (χ4v) is 0. The summed E-state index contributed by atoms with van der Waals surface area (Å²) in [4.78, 5) is 0. The van der Waals surface area contributed by atoms with Crippen LogP contribution in [0.25, 0.3) is 0 Å². The Bertz CT molecular complexity index is 13.5. The van der Waals surface area contributed by atoms with Crippen molar-refractivity contribution in [2.45, 2.75) is 0 Å². The minimum atomic E-state index is 0. The zero-order valence-corrected chi connectivity index (χ0v) is 8.18. The Balaban J connectivity index is 0. The van der Waals surface area contributed by atoms with Gasteiger partial charge in [0.15, 0.2) is 0 Å². The van der Waals surface area contributed by atoms with Gasteiger partial charge >= 0.3 is 36.5 Å². The van der Waals surface area contributed by atoms with Gasteiger partial charge in [0.05, 0.1) is 0 Å². The third-order valence-corrected chi connectivity index (χ3v) is 0. The van der Waals surface area contributed by atoms with E-state index in [2.05, 4.69) is 0 Å². The van der Waals surface area contributed by atoms with Crippen LogP contribution in [0.3, 0.4) is 0 Å². The summed E-state index contributed by atoms with van der Waals surface area (Å²) in [6.07, 6.45) is 0. The average molecular weight is 206 g/mol. The molecule has 6 heteroatoms. The fraction of sp³-hybridized carbons (Fsp3) is 0. The Morgan fingerprint density at radius 3 is 0.833 bits per heavy atom. The molecular formula is H4ClMnNO2Zn. The van der Waals surface area contributed by atoms with E-state index in [9.17, 15) is 0 Å². The number of hydrogen-bond acceptors (Lipinski definition) is 0. The van der Waals surface area contributed by atoms with E-state index >= 15 is 0 Å². The van der Waals surface area contributed by atoms with E-state index in [-0.39, 0.29) is 66.1 Å². The molecule has 0 aromatic rings. The molecule has 3 nitrogen and oxygen atoms in total. The molecule has 0 aromatic carbocycles. The van der Waals surface area contributed by atoms with Crippen molar-refractivity contribution in [3.8, 4) is 0 Å². The molecule has 0 fully saturated rings. The Hall–Kier alpha value is 1.31. The third-order valence-electron chi connectivity index (χ3n) is 0. The SMILES string of the molecule is [Cl-].[Mn+2].[NH4+].[O-2].[O-2].[Zn+2]. The smallest absolute Gasteiger partial charge is 2.00 e. The molecule has 0 spiro atoms. The van der Waals surface area contributed by atoms with Gasteiger partial charge < -0.3 is 29.5 Å². The van der Waals surface area contributed by atoms with Crippen LogP contribution in [-0.2, 0) is 47.5 Å². The summed E-state index contributed by atoms with van der Waals surface area (Å²) in [6, 6.07) is 0. The van der Waals surface area contributed by atoms with Crippen LogP contribution in [0.2, 0.25) is 0 Å². The second kappa shape index (κ2) is 103. The molecular weight excluding hydrogens is 202 g/mol. The van der Waals surface area contributed by atoms with Crippen molar-refractivity contribution in [2.75, 3.05) is 0 Å². The largest absolute Gasteiger partial charge is 2.00 e. The van der Waals surface area contributed by atoms with Crippen LogP contribution in [0.5, 0.6) is 0 Å². The van der Waals surface area contributed by atoms with Gasteiger partial charge in [-0.3, -0.25) is 0 Å². The van der Waals surface area contributed by atoms with E-state index < -0.39 is 0 Å². The van der Waals surface area contributed by atoms with Crippen molar-refractivity contribution in [3.05, 3.63) is 0 Å². The molecule has 0 aromatic heterocycles. The molecule has 0 aliphatic heterocycles. The molecule has 0 saturated heterocycles. The number of hydrogen-bond donors (Lipinski definition) is 1. The number of rotatable bonds is 0. The van der Waals surface area contributed by atoms with Gasteiger partial charge in [-0.2, -0.15) is 0 Å². The van der Waals surface area contributed by atoms with E-state index in [4.69, 9.17) is 0 Å². The molecule has 0 bridgehead atoms. The minimum absolute atomic E-state index is 0. The molecule has 0 aliphatic carbocycles. The number of halogens is 1. The van der Waals surface area contributed by atoms with Gasteiger partial charge in [-0.15, -0.1) is 0 Å². The maximum Gasteiger partial charge on any atom is 2.00 e. The molecule has 0 rings (SSSR count). The molecule has 0 amide bonds. The molecule has 37 valence electrons. The first-order valence-electron chi connectivity index (χ1n) is 0. The van der Waals surface area contributed by atoms with Crippen molar-refractivity contribution in [2.24, 2.45) is 0 Å². The first-order chi connectivity index (χ1) is 0. The quantitative estimate of drug-likeness (QED) is 0.412. The predicted octanol–water partition coefficient (Wildman–Crippen LogP) is -2.86. The van der Waals surface area contributed by atoms with Crippen LogP contribution in [0.1, 0.15) is 0 Å². The summed E-state index contributed by atoms with van der Waals surface area (Å²) in [7, 11) is 0. The van der Waals surface area contributed by atoms with Gasteiger partial charge in [0.1, 0.15) is 0 Å². The van der Waals surface area contributed by atoms with Crippen LogP contribution in [0.4, 0.5) is 0 Å². The zero-order chi connectivity index (χ0) is 0. The van der Waals surface area contributed by atoms with Crippen molar-refractivity contribution in [1.82, 2.24) is 6.15 Å². The van der Waals surface area contributed by atoms with Gasteiger partial charge in [0.25, 0.3) is 0 Å². The van der Waals surface area contributed by atoms with Crippen LogP contribution in [0.15, 0.2) is 0 Å². The third kappa shape index (κ3) is 57.3. The summed E-state index contributed by atoms with van der Waals surface area (Å²) in [5, 5.41) is 0. The van der Waals surface area contributed by atoms with Gasteiger partial charge in [-0.25, -0.2) is 0 Å². The Labute approximate surface area is 66.1 Å². The van der Waals surface area contributed by atoms with Crippen LogP contribution >= 0.6 is 0 Å². The van der Waals surface area contributed by atoms with E-state index in [0.717, 1.165) is 0 Å². The van der Waals surface area contributed by atoms with Crippen LogP contribution in [-0.4, -0.2) is 0 Å². The molecule has 0 saturated carbocycles. The summed E-state index contributed by atoms with van der Waals surface area (Å²) in [5.41, 5.74) is 0. The molecule has 1 radical (unpaired) electrons. The molecule has 6 heavy (non-hydrogen) atoms. The minimum Gasteiger partial charge on any atom is -2.00 e. The van der Waals surface area contributed by atoms with E-state index in [1.54, 1.807) is 0 Å². The second-order valence-electron chi connectivity index (χ2n) is 0. The predicted molar refractivity (Wildman–Crippen MR) is 7.36 cm³/mol. The maximum absolute atomic E-state index is 0. The first-order valence-corrected chi connectivity index (χ1v) is 0. The molecule has 0 atom stereocenters. The zero-order valence-electron chi connectivity index (χ0n) is 3.28. The summed E-state index contributed by atoms with van der Waals surface area (Å²) < 4.78 is 0. The van der Waals surface area contributed by atoms with E-state index in [1.165, 1.54) is 0 Å². The van der Waals surface area contributed by atoms with Gasteiger partial charge in [-0.1, -0.05) is 0 Å². The molecule has 4 N–H and O–H groups in total. The van der Waals surface area contributed by atoms with Crippen LogP contribution < -0.4 is 18.6 Å². The Morgan fingerprint density at radius 1 is 0.833 bits per heavy atom. The second-order valence-corrected chi connectivity index (χ2v) is 0. The summed E-state index contributed by atoms with van der Waals surface area (Å²) >= 11 is 0. The standard InChI is InChI=1S/ClH.Mn.H3N.2O.Zn/h1H;;1H3;;;/q;+2;;2*-2;+2. The Morgan fingerprint density at radius 2 is 0.833 bits per heavy atom. The van der Waals surface area contributed by atoms with Crippen LogP contribution in [0, 0.1) is 0 Å². The van der Waals surface area contributed by atoms with Crippen molar-refractivity contribution in [3.63, 3.8) is 0 Å². The maximum atomic E-state index is 0. The monoisotopic (exact) mass is 204 g/mol. The molecule has 0 aliphatic rings. The normalized spacial score (nSPS) is 0. The molecule has 0 heterocycles. The van der Waals surface area contributed by atoms with Crippen molar-refractivity contribution < 1.29 is 59.9 Å². The Kier molecular flexibility index (Phi) is 2910. The topological polar surface area (TPSA) is 93.5 Å². The van der Waals surface area contributed by atoms with Gasteiger partial charge in [-0.05, 0) is 0 Å². The summed E-state index contributed by atoms with van der Waals surface area (Å²) in [6.45, 7) is 0.